The van der Waals surface area contributed by atoms with Gasteiger partial charge in [-0.2, -0.15) is 0 Å². The lowest BCUT2D eigenvalue weighted by molar-refractivity contribution is 0.418. The number of nitrogens with zero attached hydrogens (tertiary/aromatic N) is 1. The molecule has 7 nitrogen and oxygen atoms in total. The molecule has 0 unspecified atom stereocenters. The Morgan fingerprint density at radius 1 is 0.958 bits per heavy atom. The lowest BCUT2D eigenvalue weighted by Gasteiger charge is -2.09. The van der Waals surface area contributed by atoms with Crippen LogP contribution in [0.15, 0.2) is 64.5 Å². The number of hydrogen-bond donors (Lipinski definition) is 1. The molecule has 0 amide bonds. The summed E-state index contributed by atoms with van der Waals surface area (Å²) in [5.41, 5.74) is 0.118. The van der Waals surface area contributed by atoms with Gasteiger partial charge in [-0.15, -0.1) is 0 Å². The summed E-state index contributed by atoms with van der Waals surface area (Å²) in [6, 6.07) is 12.3. The van der Waals surface area contributed by atoms with E-state index in [-0.39, 0.29) is 26.4 Å². The minimum atomic E-state index is -4.12. The van der Waals surface area contributed by atoms with Crippen LogP contribution in [0.3, 0.4) is 0 Å². The van der Waals surface area contributed by atoms with Crippen molar-refractivity contribution in [2.45, 2.75) is 9.79 Å². The number of nitrogens with two attached hydrogens (primary N) is 1. The van der Waals surface area contributed by atoms with E-state index in [4.69, 9.17) is 9.88 Å². The predicted molar refractivity (Wildman–Crippen MR) is 88.9 cm³/mol. The molecule has 3 aromatic rings. The lowest BCUT2D eigenvalue weighted by atomic mass is 10.2. The Morgan fingerprint density at radius 3 is 2.21 bits per heavy atom. The molecule has 2 aromatic carbocycles. The summed E-state index contributed by atoms with van der Waals surface area (Å²) in [5, 5.41) is 5.41. The minimum absolute atomic E-state index is 0.0220. The van der Waals surface area contributed by atoms with Crippen LogP contribution in [-0.2, 0) is 20.0 Å². The molecule has 0 aliphatic heterocycles. The molecule has 0 fully saturated rings. The summed E-state index contributed by atoms with van der Waals surface area (Å²) in [7, 11) is -6.76. The number of sulfonamides is 1. The Bertz CT molecular complexity index is 1120. The van der Waals surface area contributed by atoms with Gasteiger partial charge in [-0.25, -0.2) is 25.9 Å². The Morgan fingerprint density at radius 2 is 1.62 bits per heavy atom. The van der Waals surface area contributed by atoms with E-state index in [9.17, 15) is 16.8 Å². The van der Waals surface area contributed by atoms with E-state index in [1.807, 2.05) is 0 Å². The first kappa shape index (κ1) is 16.5. The van der Waals surface area contributed by atoms with E-state index in [2.05, 4.69) is 0 Å². The predicted octanol–water partition coefficient (Wildman–Crippen LogP) is 1.53. The Hall–Kier alpha value is -2.36. The highest BCUT2D eigenvalue weighted by Crippen LogP contribution is 2.34. The Kier molecular flexibility index (Phi) is 3.86. The van der Waals surface area contributed by atoms with Crippen molar-refractivity contribution >= 4 is 30.9 Å². The zero-order valence-electron chi connectivity index (χ0n) is 12.6. The summed E-state index contributed by atoms with van der Waals surface area (Å²) >= 11 is 0. The summed E-state index contributed by atoms with van der Waals surface area (Å²) in [6.45, 7) is 0. The fraction of sp³-hybridized carbons (Fsp3) is 0.0667. The zero-order chi connectivity index (χ0) is 17.5. The standard InChI is InChI=1S/C15H14N2O5S2/c1-22-13-9-5-8-12-14(23(16,18)19)10-17(15(12)13)24(20,21)11-6-3-2-4-7-11/h2-10H,1H3,(H2,16,18,19). The van der Waals surface area contributed by atoms with Crippen molar-refractivity contribution in [3.05, 3.63) is 54.7 Å². The number of methoxy groups -OCH3 is 1. The number of primary sulfonamides is 1. The Balaban J connectivity index is 2.46. The van der Waals surface area contributed by atoms with Gasteiger partial charge < -0.3 is 4.74 Å². The molecule has 0 spiro atoms. The minimum Gasteiger partial charge on any atom is -0.495 e. The van der Waals surface area contributed by atoms with Crippen molar-refractivity contribution in [2.75, 3.05) is 7.11 Å². The first-order valence-electron chi connectivity index (χ1n) is 6.78. The van der Waals surface area contributed by atoms with Gasteiger partial charge >= 0.3 is 0 Å². The van der Waals surface area contributed by atoms with Crippen LogP contribution in [0.2, 0.25) is 0 Å². The van der Waals surface area contributed by atoms with E-state index in [1.165, 1.54) is 25.3 Å². The number of hydrogen-bond acceptors (Lipinski definition) is 5. The summed E-state index contributed by atoms with van der Waals surface area (Å²) in [5.74, 6) is 0.224. The van der Waals surface area contributed by atoms with Crippen LogP contribution in [0.1, 0.15) is 0 Å². The molecule has 24 heavy (non-hydrogen) atoms. The maximum absolute atomic E-state index is 12.9. The van der Waals surface area contributed by atoms with E-state index in [1.54, 1.807) is 30.3 Å². The first-order valence-corrected chi connectivity index (χ1v) is 9.77. The first-order chi connectivity index (χ1) is 11.3. The monoisotopic (exact) mass is 366 g/mol. The fourth-order valence-corrected chi connectivity index (χ4v) is 4.67. The molecule has 3 rings (SSSR count). The molecule has 1 aromatic heterocycles. The van der Waals surface area contributed by atoms with E-state index in [0.29, 0.717) is 0 Å². The number of ether oxygens (including phenoxy) is 1. The third-order valence-corrected chi connectivity index (χ3v) is 6.16. The fourth-order valence-electron chi connectivity index (χ4n) is 2.48. The van der Waals surface area contributed by atoms with Gasteiger partial charge in [0, 0.05) is 11.6 Å². The van der Waals surface area contributed by atoms with Crippen molar-refractivity contribution in [3.63, 3.8) is 0 Å². The number of aromatic nitrogens is 1. The molecule has 0 saturated carbocycles. The normalized spacial score (nSPS) is 12.4. The summed E-state index contributed by atoms with van der Waals surface area (Å²) < 4.78 is 55.6. The van der Waals surface area contributed by atoms with Crippen LogP contribution in [0.4, 0.5) is 0 Å². The molecule has 0 atom stereocenters. The van der Waals surface area contributed by atoms with Crippen molar-refractivity contribution in [1.29, 1.82) is 0 Å². The molecule has 0 radical (unpaired) electrons. The number of fused-ring (bicyclic) bond motifs is 1. The van der Waals surface area contributed by atoms with Gasteiger partial charge in [-0.05, 0) is 18.2 Å². The van der Waals surface area contributed by atoms with Crippen LogP contribution in [0, 0.1) is 0 Å². The average Bonchev–Trinajstić information content (AvgIpc) is 2.96. The van der Waals surface area contributed by atoms with Crippen LogP contribution in [0.5, 0.6) is 5.75 Å². The zero-order valence-corrected chi connectivity index (χ0v) is 14.2. The molecule has 1 heterocycles. The van der Waals surface area contributed by atoms with Crippen molar-refractivity contribution in [3.8, 4) is 5.75 Å². The molecule has 126 valence electrons. The van der Waals surface area contributed by atoms with Gasteiger partial charge in [0.1, 0.15) is 16.2 Å². The van der Waals surface area contributed by atoms with Gasteiger partial charge in [-0.1, -0.05) is 30.3 Å². The maximum Gasteiger partial charge on any atom is 0.268 e. The van der Waals surface area contributed by atoms with Crippen LogP contribution >= 0.6 is 0 Å². The largest absolute Gasteiger partial charge is 0.495 e. The SMILES string of the molecule is COc1cccc2c(S(N)(=O)=O)cn(S(=O)(=O)c3ccccc3)c12. The van der Waals surface area contributed by atoms with Crippen molar-refractivity contribution in [1.82, 2.24) is 3.97 Å². The second kappa shape index (κ2) is 5.62. The smallest absolute Gasteiger partial charge is 0.268 e. The van der Waals surface area contributed by atoms with E-state index in [0.717, 1.165) is 10.2 Å². The quantitative estimate of drug-likeness (QED) is 0.753. The maximum atomic E-state index is 12.9. The van der Waals surface area contributed by atoms with Gasteiger partial charge in [0.15, 0.2) is 0 Å². The second-order valence-electron chi connectivity index (χ2n) is 5.01. The summed E-state index contributed by atoms with van der Waals surface area (Å²) in [4.78, 5) is -0.260. The van der Waals surface area contributed by atoms with E-state index < -0.39 is 20.0 Å². The third kappa shape index (κ3) is 2.56. The molecular formula is C15H14N2O5S2. The molecule has 2 N–H and O–H groups in total. The molecule has 0 aliphatic rings. The summed E-state index contributed by atoms with van der Waals surface area (Å²) in [6.07, 6.45) is 1.00. The number of benzene rings is 2. The molecule has 0 saturated heterocycles. The van der Waals surface area contributed by atoms with Crippen LogP contribution in [0.25, 0.3) is 10.9 Å². The number of rotatable bonds is 4. The van der Waals surface area contributed by atoms with Crippen molar-refractivity contribution < 1.29 is 21.6 Å². The third-order valence-electron chi connectivity index (χ3n) is 3.55. The average molecular weight is 366 g/mol. The molecule has 0 aliphatic carbocycles. The van der Waals surface area contributed by atoms with Crippen molar-refractivity contribution in [2.24, 2.45) is 5.14 Å². The highest BCUT2D eigenvalue weighted by atomic mass is 32.2. The highest BCUT2D eigenvalue weighted by Gasteiger charge is 2.26. The molecule has 0 bridgehead atoms. The van der Waals surface area contributed by atoms with Gasteiger partial charge in [-0.3, -0.25) is 0 Å². The molecular weight excluding hydrogens is 352 g/mol. The number of para-hydroxylation sites is 1. The Labute approximate surface area is 139 Å². The second-order valence-corrected chi connectivity index (χ2v) is 8.35. The topological polar surface area (TPSA) is 108 Å². The highest BCUT2D eigenvalue weighted by molar-refractivity contribution is 7.90. The van der Waals surface area contributed by atoms with Crippen LogP contribution in [-0.4, -0.2) is 27.9 Å². The van der Waals surface area contributed by atoms with Gasteiger partial charge in [0.25, 0.3) is 10.0 Å². The molecule has 9 heteroatoms. The van der Waals surface area contributed by atoms with Crippen LogP contribution < -0.4 is 9.88 Å². The van der Waals surface area contributed by atoms with E-state index >= 15 is 0 Å². The van der Waals surface area contributed by atoms with Gasteiger partial charge in [0.05, 0.1) is 12.0 Å². The lowest BCUT2D eigenvalue weighted by Crippen LogP contribution is -2.14. The van der Waals surface area contributed by atoms with Gasteiger partial charge in [0.2, 0.25) is 10.0 Å².